The number of unbranched alkanes of at least 4 members (excludes halogenated alkanes) is 2. The lowest BCUT2D eigenvalue weighted by Crippen LogP contribution is -2.38. The maximum atomic E-state index is 6.07. The molecule has 2 nitrogen and oxygen atoms in total. The molecule has 1 aromatic rings. The fraction of sp³-hybridized carbons (Fsp3) is 0.538. The van der Waals surface area contributed by atoms with Crippen molar-refractivity contribution in [1.82, 2.24) is 0 Å². The second-order valence-electron chi connectivity index (χ2n) is 4.63. The summed E-state index contributed by atoms with van der Waals surface area (Å²) in [5, 5.41) is 1.18. The zero-order chi connectivity index (χ0) is 13.6. The molecule has 5 heteroatoms. The van der Waals surface area contributed by atoms with E-state index >= 15 is 0 Å². The molecule has 0 heterocycles. The van der Waals surface area contributed by atoms with Crippen molar-refractivity contribution in [3.05, 3.63) is 28.2 Å². The molecule has 0 bridgehead atoms. The third kappa shape index (κ3) is 5.61. The number of rotatable bonds is 7. The topological polar surface area (TPSA) is 18.5 Å². The van der Waals surface area contributed by atoms with Crippen molar-refractivity contribution in [2.45, 2.75) is 39.3 Å². The predicted molar refractivity (Wildman–Crippen MR) is 80.0 cm³/mol. The first-order valence-electron chi connectivity index (χ1n) is 6.22. The molecule has 0 amide bonds. The van der Waals surface area contributed by atoms with Crippen LogP contribution in [0.5, 0.6) is 5.75 Å². The summed E-state index contributed by atoms with van der Waals surface area (Å²) in [5.74, 6) is 0.608. The minimum Gasteiger partial charge on any atom is -0.519 e. The molecule has 0 aliphatic rings. The lowest BCUT2D eigenvalue weighted by molar-refractivity contribution is 0.241. The van der Waals surface area contributed by atoms with Crippen LogP contribution in [0.15, 0.2) is 18.2 Å². The van der Waals surface area contributed by atoms with Gasteiger partial charge >= 0.3 is 8.56 Å². The molecule has 0 fully saturated rings. The van der Waals surface area contributed by atoms with E-state index in [2.05, 4.69) is 6.92 Å². The summed E-state index contributed by atoms with van der Waals surface area (Å²) < 4.78 is 11.7. The average molecular weight is 307 g/mol. The van der Waals surface area contributed by atoms with Crippen LogP contribution in [0.2, 0.25) is 23.1 Å². The molecule has 0 radical (unpaired) electrons. The van der Waals surface area contributed by atoms with Crippen LogP contribution in [0.1, 0.15) is 26.2 Å². The van der Waals surface area contributed by atoms with E-state index in [0.717, 1.165) is 13.0 Å². The Labute approximate surface area is 120 Å². The molecule has 0 aromatic heterocycles. The molecule has 0 unspecified atom stereocenters. The Morgan fingerprint density at radius 1 is 1.17 bits per heavy atom. The highest BCUT2D eigenvalue weighted by Gasteiger charge is 2.27. The zero-order valence-corrected chi connectivity index (χ0v) is 13.6. The number of halogens is 2. The van der Waals surface area contributed by atoms with Crippen molar-refractivity contribution in [3.63, 3.8) is 0 Å². The molecule has 0 atom stereocenters. The fourth-order valence-electron chi connectivity index (χ4n) is 1.52. The van der Waals surface area contributed by atoms with Gasteiger partial charge in [-0.1, -0.05) is 43.0 Å². The van der Waals surface area contributed by atoms with Crippen LogP contribution < -0.4 is 4.43 Å². The molecule has 0 saturated carbocycles. The van der Waals surface area contributed by atoms with Crippen LogP contribution in [0.3, 0.4) is 0 Å². The summed E-state index contributed by atoms with van der Waals surface area (Å²) in [6.07, 6.45) is 3.44. The minimum absolute atomic E-state index is 0.567. The molecule has 0 aliphatic heterocycles. The Hall–Kier alpha value is -0.223. The third-order valence-electron chi connectivity index (χ3n) is 2.45. The van der Waals surface area contributed by atoms with Crippen LogP contribution >= 0.6 is 23.2 Å². The predicted octanol–water partition coefficient (Wildman–Crippen LogP) is 5.28. The van der Waals surface area contributed by atoms with E-state index in [-0.39, 0.29) is 0 Å². The van der Waals surface area contributed by atoms with Crippen molar-refractivity contribution in [2.75, 3.05) is 6.61 Å². The highest BCUT2D eigenvalue weighted by atomic mass is 35.5. The maximum Gasteiger partial charge on any atom is 0.392 e. The molecule has 0 aliphatic carbocycles. The number of hydrogen-bond donors (Lipinski definition) is 0. The summed E-state index contributed by atoms with van der Waals surface area (Å²) in [7, 11) is -2.19. The first-order valence-corrected chi connectivity index (χ1v) is 9.80. The monoisotopic (exact) mass is 306 g/mol. The molecular weight excluding hydrogens is 287 g/mol. The highest BCUT2D eigenvalue weighted by Crippen LogP contribution is 2.30. The van der Waals surface area contributed by atoms with E-state index in [1.807, 2.05) is 13.1 Å². The summed E-state index contributed by atoms with van der Waals surface area (Å²) in [6.45, 7) is 6.93. The van der Waals surface area contributed by atoms with Gasteiger partial charge in [0.1, 0.15) is 5.75 Å². The third-order valence-corrected chi connectivity index (χ3v) is 4.60. The van der Waals surface area contributed by atoms with Gasteiger partial charge in [-0.2, -0.15) is 0 Å². The Kier molecular flexibility index (Phi) is 6.50. The Morgan fingerprint density at radius 3 is 2.56 bits per heavy atom. The van der Waals surface area contributed by atoms with Crippen molar-refractivity contribution in [3.8, 4) is 5.75 Å². The zero-order valence-electron chi connectivity index (χ0n) is 11.1. The van der Waals surface area contributed by atoms with Crippen molar-refractivity contribution < 1.29 is 8.85 Å². The number of benzene rings is 1. The van der Waals surface area contributed by atoms with E-state index < -0.39 is 8.56 Å². The minimum atomic E-state index is -2.19. The van der Waals surface area contributed by atoms with Gasteiger partial charge in [-0.3, -0.25) is 0 Å². The SMILES string of the molecule is CCCCCO[Si](C)(C)Oc1cc(Cl)ccc1Cl. The highest BCUT2D eigenvalue weighted by molar-refractivity contribution is 6.65. The Balaban J connectivity index is 2.55. The lowest BCUT2D eigenvalue weighted by atomic mass is 10.3. The van der Waals surface area contributed by atoms with Gasteiger partial charge in [0.15, 0.2) is 0 Å². The standard InChI is InChI=1S/C13H20Cl2O2Si/c1-4-5-6-9-16-18(2,3)17-13-10-11(14)7-8-12(13)15/h7-8,10H,4-6,9H2,1-3H3. The molecule has 102 valence electrons. The van der Waals surface area contributed by atoms with Gasteiger partial charge in [-0.25, -0.2) is 0 Å². The normalized spacial score (nSPS) is 11.6. The molecule has 18 heavy (non-hydrogen) atoms. The summed E-state index contributed by atoms with van der Waals surface area (Å²) >= 11 is 12.0. The smallest absolute Gasteiger partial charge is 0.392 e. The van der Waals surface area contributed by atoms with Crippen molar-refractivity contribution >= 4 is 31.8 Å². The maximum absolute atomic E-state index is 6.07. The van der Waals surface area contributed by atoms with Crippen LogP contribution in [-0.4, -0.2) is 15.2 Å². The van der Waals surface area contributed by atoms with E-state index in [1.54, 1.807) is 18.2 Å². The van der Waals surface area contributed by atoms with Gasteiger partial charge in [0.2, 0.25) is 0 Å². The largest absolute Gasteiger partial charge is 0.519 e. The first kappa shape index (κ1) is 15.8. The Bertz CT molecular complexity index is 383. The van der Waals surface area contributed by atoms with Crippen LogP contribution in [0.4, 0.5) is 0 Å². The summed E-state index contributed by atoms with van der Waals surface area (Å²) in [4.78, 5) is 0. The van der Waals surface area contributed by atoms with E-state index in [9.17, 15) is 0 Å². The second-order valence-corrected chi connectivity index (χ2v) is 8.77. The van der Waals surface area contributed by atoms with Gasteiger partial charge in [0.25, 0.3) is 0 Å². The van der Waals surface area contributed by atoms with Crippen LogP contribution in [0, 0.1) is 0 Å². The van der Waals surface area contributed by atoms with Crippen LogP contribution in [-0.2, 0) is 4.43 Å². The lowest BCUT2D eigenvalue weighted by Gasteiger charge is -2.24. The molecule has 0 N–H and O–H groups in total. The van der Waals surface area contributed by atoms with Crippen molar-refractivity contribution in [1.29, 1.82) is 0 Å². The number of hydrogen-bond acceptors (Lipinski definition) is 2. The summed E-state index contributed by atoms with van der Waals surface area (Å²) in [6, 6.07) is 5.21. The second kappa shape index (κ2) is 7.39. The first-order chi connectivity index (χ1) is 8.44. The van der Waals surface area contributed by atoms with Gasteiger partial charge in [-0.15, -0.1) is 0 Å². The molecule has 1 aromatic carbocycles. The molecular formula is C13H20Cl2O2Si. The fourth-order valence-corrected chi connectivity index (χ4v) is 3.30. The average Bonchev–Trinajstić information content (AvgIpc) is 2.29. The Morgan fingerprint density at radius 2 is 1.89 bits per heavy atom. The van der Waals surface area contributed by atoms with Crippen molar-refractivity contribution in [2.24, 2.45) is 0 Å². The molecule has 1 rings (SSSR count). The van der Waals surface area contributed by atoms with Gasteiger partial charge in [-0.05, 0) is 37.7 Å². The van der Waals surface area contributed by atoms with Crippen LogP contribution in [0.25, 0.3) is 0 Å². The summed E-state index contributed by atoms with van der Waals surface area (Å²) in [5.41, 5.74) is 0. The van der Waals surface area contributed by atoms with E-state index in [0.29, 0.717) is 15.8 Å². The molecule has 0 spiro atoms. The van der Waals surface area contributed by atoms with Gasteiger partial charge < -0.3 is 8.85 Å². The van der Waals surface area contributed by atoms with E-state index in [4.69, 9.17) is 32.1 Å². The quantitative estimate of drug-likeness (QED) is 0.504. The van der Waals surface area contributed by atoms with Gasteiger partial charge in [0.05, 0.1) is 5.02 Å². The van der Waals surface area contributed by atoms with E-state index in [1.165, 1.54) is 12.8 Å². The van der Waals surface area contributed by atoms with Gasteiger partial charge in [0, 0.05) is 11.6 Å². The molecule has 0 saturated heterocycles.